The Morgan fingerprint density at radius 2 is 1.06 bits per heavy atom. The normalized spacial score (nSPS) is 11.1. The Hall–Kier alpha value is -1.96. The highest BCUT2D eigenvalue weighted by Crippen LogP contribution is 2.23. The smallest absolute Gasteiger partial charge is 0.131 e. The molecule has 76 valence electrons. The van der Waals surface area contributed by atoms with Gasteiger partial charge in [0.25, 0.3) is 0 Å². The van der Waals surface area contributed by atoms with Gasteiger partial charge in [0.15, 0.2) is 0 Å². The van der Waals surface area contributed by atoms with Gasteiger partial charge in [-0.1, -0.05) is 0 Å². The van der Waals surface area contributed by atoms with Gasteiger partial charge >= 0.3 is 0 Å². The van der Waals surface area contributed by atoms with E-state index in [4.69, 9.17) is 0 Å². The Labute approximate surface area is 91.1 Å². The van der Waals surface area contributed by atoms with Crippen molar-refractivity contribution in [1.82, 2.24) is 0 Å². The summed E-state index contributed by atoms with van der Waals surface area (Å²) < 4.78 is 26.0. The van der Waals surface area contributed by atoms with Gasteiger partial charge in [0.1, 0.15) is 11.6 Å². The van der Waals surface area contributed by atoms with Crippen LogP contribution in [0.15, 0.2) is 36.4 Å². The average Bonchev–Trinajstić information content (AvgIpc) is 2.26. The Balaban J connectivity index is 2.44. The predicted molar refractivity (Wildman–Crippen MR) is 59.0 cm³/mol. The monoisotopic (exact) mass is 212 g/mol. The van der Waals surface area contributed by atoms with E-state index in [2.05, 4.69) is 12.1 Å². The van der Waals surface area contributed by atoms with Crippen molar-refractivity contribution >= 4 is 21.5 Å². The van der Waals surface area contributed by atoms with Gasteiger partial charge in [0.2, 0.25) is 0 Å². The van der Waals surface area contributed by atoms with E-state index in [1.807, 2.05) is 6.07 Å². The van der Waals surface area contributed by atoms with Crippen LogP contribution in [0.25, 0.3) is 21.5 Å². The summed E-state index contributed by atoms with van der Waals surface area (Å²) in [5.41, 5.74) is 0. The molecule has 0 amide bonds. The number of fused-ring (bicyclic) bond motifs is 2. The molecule has 0 aromatic heterocycles. The third kappa shape index (κ3) is 1.43. The largest absolute Gasteiger partial charge is 0.206 e. The van der Waals surface area contributed by atoms with Gasteiger partial charge in [-0.3, -0.25) is 0 Å². The molecule has 3 rings (SSSR count). The van der Waals surface area contributed by atoms with Gasteiger partial charge in [0.05, 0.1) is 0 Å². The summed E-state index contributed by atoms with van der Waals surface area (Å²) >= 11 is 0. The summed E-state index contributed by atoms with van der Waals surface area (Å²) in [4.78, 5) is 0. The fourth-order valence-corrected chi connectivity index (χ4v) is 1.82. The molecule has 0 unspecified atom stereocenters. The SMILES string of the molecule is Fc1[c]cc2cc3c[c]c(F)cc3cc2c1. The minimum absolute atomic E-state index is 0.408. The lowest BCUT2D eigenvalue weighted by Crippen LogP contribution is -1.80. The molecule has 3 aromatic rings. The number of benzene rings is 3. The van der Waals surface area contributed by atoms with E-state index >= 15 is 0 Å². The molecule has 0 saturated carbocycles. The lowest BCUT2D eigenvalue weighted by atomic mass is 10.0. The quantitative estimate of drug-likeness (QED) is 0.496. The van der Waals surface area contributed by atoms with E-state index in [0.29, 0.717) is 0 Å². The van der Waals surface area contributed by atoms with Crippen LogP contribution in [0.2, 0.25) is 0 Å². The summed E-state index contributed by atoms with van der Waals surface area (Å²) in [6.07, 6.45) is 0. The predicted octanol–water partition coefficient (Wildman–Crippen LogP) is 3.87. The standard InChI is InChI=1S/C14H6F2/c15-13-3-1-9-5-10-2-4-14(16)8-12(10)6-11(9)7-13/h1-2,5-8H. The molecular formula is C14H6F2. The van der Waals surface area contributed by atoms with Crippen LogP contribution in [0.4, 0.5) is 8.78 Å². The third-order valence-corrected chi connectivity index (χ3v) is 2.58. The van der Waals surface area contributed by atoms with Gasteiger partial charge in [-0.2, -0.15) is 0 Å². The van der Waals surface area contributed by atoms with Crippen LogP contribution >= 0.6 is 0 Å². The van der Waals surface area contributed by atoms with Crippen LogP contribution in [-0.2, 0) is 0 Å². The molecule has 0 heterocycles. The second-order valence-corrected chi connectivity index (χ2v) is 3.67. The van der Waals surface area contributed by atoms with Crippen molar-refractivity contribution in [3.05, 3.63) is 60.2 Å². The average molecular weight is 212 g/mol. The molecule has 0 atom stereocenters. The first kappa shape index (κ1) is 9.28. The van der Waals surface area contributed by atoms with Gasteiger partial charge < -0.3 is 0 Å². The summed E-state index contributed by atoms with van der Waals surface area (Å²) in [7, 11) is 0. The van der Waals surface area contributed by atoms with Gasteiger partial charge in [-0.05, 0) is 57.9 Å². The van der Waals surface area contributed by atoms with E-state index in [1.54, 1.807) is 18.2 Å². The minimum Gasteiger partial charge on any atom is -0.206 e. The van der Waals surface area contributed by atoms with Crippen LogP contribution in [0.5, 0.6) is 0 Å². The molecule has 0 fully saturated rings. The molecule has 3 aromatic carbocycles. The zero-order valence-corrected chi connectivity index (χ0v) is 8.22. The summed E-state index contributed by atoms with van der Waals surface area (Å²) in [5.74, 6) is -0.815. The zero-order valence-electron chi connectivity index (χ0n) is 8.22. The van der Waals surface area contributed by atoms with Crippen molar-refractivity contribution in [2.45, 2.75) is 0 Å². The fourth-order valence-electron chi connectivity index (χ4n) is 1.82. The molecule has 0 N–H and O–H groups in total. The second-order valence-electron chi connectivity index (χ2n) is 3.67. The molecule has 0 bridgehead atoms. The molecule has 0 aliphatic carbocycles. The summed E-state index contributed by atoms with van der Waals surface area (Å²) in [6.45, 7) is 0. The Morgan fingerprint density at radius 3 is 1.56 bits per heavy atom. The van der Waals surface area contributed by atoms with E-state index in [-0.39, 0.29) is 0 Å². The first-order chi connectivity index (χ1) is 7.72. The summed E-state index contributed by atoms with van der Waals surface area (Å²) in [5, 5.41) is 3.26. The van der Waals surface area contributed by atoms with E-state index in [1.165, 1.54) is 12.1 Å². The molecule has 0 aliphatic rings. The molecule has 0 spiro atoms. The lowest BCUT2D eigenvalue weighted by molar-refractivity contribution is 0.627. The second kappa shape index (κ2) is 3.27. The third-order valence-electron chi connectivity index (χ3n) is 2.58. The highest BCUT2D eigenvalue weighted by molar-refractivity contribution is 5.98. The first-order valence-corrected chi connectivity index (χ1v) is 4.84. The molecule has 2 radical (unpaired) electrons. The van der Waals surface area contributed by atoms with Crippen LogP contribution in [-0.4, -0.2) is 0 Å². The van der Waals surface area contributed by atoms with Crippen molar-refractivity contribution in [2.24, 2.45) is 0 Å². The molecule has 2 heteroatoms. The van der Waals surface area contributed by atoms with Crippen molar-refractivity contribution in [3.63, 3.8) is 0 Å². The van der Waals surface area contributed by atoms with Crippen LogP contribution < -0.4 is 0 Å². The van der Waals surface area contributed by atoms with Gasteiger partial charge in [-0.25, -0.2) is 8.78 Å². The maximum Gasteiger partial charge on any atom is 0.131 e. The molecule has 0 saturated heterocycles. The molecule has 0 nitrogen and oxygen atoms in total. The minimum atomic E-state index is -0.408. The van der Waals surface area contributed by atoms with Crippen LogP contribution in [0.1, 0.15) is 0 Å². The fraction of sp³-hybridized carbons (Fsp3) is 0. The molecule has 16 heavy (non-hydrogen) atoms. The zero-order chi connectivity index (χ0) is 11.1. The van der Waals surface area contributed by atoms with E-state index in [0.717, 1.165) is 21.5 Å². The Bertz CT molecular complexity index is 630. The number of hydrogen-bond acceptors (Lipinski definition) is 0. The maximum absolute atomic E-state index is 13.0. The Kier molecular flexibility index (Phi) is 1.90. The van der Waals surface area contributed by atoms with E-state index in [9.17, 15) is 8.78 Å². The maximum atomic E-state index is 13.0. The number of halogens is 2. The highest BCUT2D eigenvalue weighted by Gasteiger charge is 2.01. The van der Waals surface area contributed by atoms with Gasteiger partial charge in [0, 0.05) is 12.1 Å². The number of hydrogen-bond donors (Lipinski definition) is 0. The van der Waals surface area contributed by atoms with Crippen LogP contribution in [0.3, 0.4) is 0 Å². The summed E-state index contributed by atoms with van der Waals surface area (Å²) in [6, 6.07) is 14.6. The lowest BCUT2D eigenvalue weighted by Gasteiger charge is -2.02. The van der Waals surface area contributed by atoms with Crippen molar-refractivity contribution in [3.8, 4) is 0 Å². The topological polar surface area (TPSA) is 0 Å². The molecule has 0 aliphatic heterocycles. The van der Waals surface area contributed by atoms with E-state index < -0.39 is 11.6 Å². The number of rotatable bonds is 0. The van der Waals surface area contributed by atoms with Crippen molar-refractivity contribution < 1.29 is 8.78 Å². The van der Waals surface area contributed by atoms with Crippen molar-refractivity contribution in [1.29, 1.82) is 0 Å². The first-order valence-electron chi connectivity index (χ1n) is 4.84. The van der Waals surface area contributed by atoms with Crippen LogP contribution in [0, 0.1) is 23.8 Å². The van der Waals surface area contributed by atoms with Gasteiger partial charge in [-0.15, -0.1) is 0 Å². The molecular weight excluding hydrogens is 206 g/mol. The highest BCUT2D eigenvalue weighted by atomic mass is 19.1. The Morgan fingerprint density at radius 1 is 0.625 bits per heavy atom. The van der Waals surface area contributed by atoms with Crippen molar-refractivity contribution in [2.75, 3.05) is 0 Å².